The largest absolute Gasteiger partial charge is 0.293 e. The summed E-state index contributed by atoms with van der Waals surface area (Å²) in [4.78, 5) is 15.8. The van der Waals surface area contributed by atoms with E-state index < -0.39 is 0 Å². The van der Waals surface area contributed by atoms with Crippen LogP contribution in [0.2, 0.25) is 0 Å². The molecule has 0 aromatic heterocycles. The highest BCUT2D eigenvalue weighted by Gasteiger charge is 2.20. The monoisotopic (exact) mass is 167 g/mol. The Morgan fingerprint density at radius 1 is 1.67 bits per heavy atom. The molecular formula is C10H17NO. The van der Waals surface area contributed by atoms with Crippen molar-refractivity contribution in [3.05, 3.63) is 0 Å². The van der Waals surface area contributed by atoms with Gasteiger partial charge in [-0.1, -0.05) is 20.3 Å². The fourth-order valence-electron chi connectivity index (χ4n) is 1.59. The molecule has 1 unspecified atom stereocenters. The van der Waals surface area contributed by atoms with Crippen LogP contribution in [0.25, 0.3) is 0 Å². The molecule has 0 spiro atoms. The molecule has 2 heteroatoms. The number of nitrogens with zero attached hydrogens (tertiary/aromatic N) is 1. The molecule has 68 valence electrons. The zero-order valence-corrected chi connectivity index (χ0v) is 7.97. The first-order valence-electron chi connectivity index (χ1n) is 4.83. The summed E-state index contributed by atoms with van der Waals surface area (Å²) >= 11 is 0. The zero-order valence-electron chi connectivity index (χ0n) is 7.97. The van der Waals surface area contributed by atoms with Crippen molar-refractivity contribution in [2.75, 3.05) is 6.54 Å². The third-order valence-corrected chi connectivity index (χ3v) is 2.33. The Kier molecular flexibility index (Phi) is 3.45. The Labute approximate surface area is 74.1 Å². The van der Waals surface area contributed by atoms with Crippen molar-refractivity contribution in [3.63, 3.8) is 0 Å². The molecule has 0 radical (unpaired) electrons. The summed E-state index contributed by atoms with van der Waals surface area (Å²) in [6, 6.07) is 0. The molecule has 2 nitrogen and oxygen atoms in total. The lowest BCUT2D eigenvalue weighted by molar-refractivity contribution is -0.116. The molecule has 0 saturated heterocycles. The Morgan fingerprint density at radius 3 is 2.92 bits per heavy atom. The number of carbonyl (C=O) groups excluding carboxylic acids is 1. The van der Waals surface area contributed by atoms with Gasteiger partial charge in [0, 0.05) is 12.5 Å². The SMILES string of the molecule is CCCC(C)C(=O)C1=NCCC1. The smallest absolute Gasteiger partial charge is 0.179 e. The van der Waals surface area contributed by atoms with Crippen molar-refractivity contribution in [3.8, 4) is 0 Å². The summed E-state index contributed by atoms with van der Waals surface area (Å²) < 4.78 is 0. The Hall–Kier alpha value is -0.660. The summed E-state index contributed by atoms with van der Waals surface area (Å²) in [5, 5.41) is 0. The Balaban J connectivity index is 2.45. The van der Waals surface area contributed by atoms with E-state index in [0.717, 1.165) is 37.9 Å². The van der Waals surface area contributed by atoms with Crippen molar-refractivity contribution in [2.24, 2.45) is 10.9 Å². The van der Waals surface area contributed by atoms with Gasteiger partial charge in [-0.05, 0) is 19.3 Å². The van der Waals surface area contributed by atoms with Crippen molar-refractivity contribution in [1.29, 1.82) is 0 Å². The Morgan fingerprint density at radius 2 is 2.42 bits per heavy atom. The summed E-state index contributed by atoms with van der Waals surface area (Å²) in [5.41, 5.74) is 0.843. The quantitative estimate of drug-likeness (QED) is 0.631. The molecule has 0 aromatic carbocycles. The summed E-state index contributed by atoms with van der Waals surface area (Å²) in [6.07, 6.45) is 4.06. The van der Waals surface area contributed by atoms with Crippen LogP contribution in [0.4, 0.5) is 0 Å². The van der Waals surface area contributed by atoms with Crippen molar-refractivity contribution in [2.45, 2.75) is 39.5 Å². The van der Waals surface area contributed by atoms with Crippen molar-refractivity contribution < 1.29 is 4.79 Å². The van der Waals surface area contributed by atoms with Crippen LogP contribution >= 0.6 is 0 Å². The highest BCUT2D eigenvalue weighted by atomic mass is 16.1. The molecule has 0 amide bonds. The maximum absolute atomic E-state index is 11.6. The van der Waals surface area contributed by atoms with Crippen molar-refractivity contribution >= 4 is 11.5 Å². The molecule has 0 N–H and O–H groups in total. The first-order valence-corrected chi connectivity index (χ1v) is 4.83. The van der Waals surface area contributed by atoms with E-state index in [1.165, 1.54) is 0 Å². The van der Waals surface area contributed by atoms with Gasteiger partial charge in [-0.2, -0.15) is 0 Å². The number of rotatable bonds is 4. The van der Waals surface area contributed by atoms with Crippen LogP contribution in [0, 0.1) is 5.92 Å². The molecule has 12 heavy (non-hydrogen) atoms. The topological polar surface area (TPSA) is 29.4 Å². The second-order valence-electron chi connectivity index (χ2n) is 3.49. The molecule has 1 heterocycles. The summed E-state index contributed by atoms with van der Waals surface area (Å²) in [5.74, 6) is 0.473. The lowest BCUT2D eigenvalue weighted by Gasteiger charge is -2.07. The first-order chi connectivity index (χ1) is 5.75. The van der Waals surface area contributed by atoms with E-state index in [1.54, 1.807) is 0 Å². The standard InChI is InChI=1S/C10H17NO/c1-3-5-8(2)10(12)9-6-4-7-11-9/h8H,3-7H2,1-2H3. The molecule has 0 fully saturated rings. The summed E-state index contributed by atoms with van der Waals surface area (Å²) in [6.45, 7) is 4.98. The van der Waals surface area contributed by atoms with E-state index in [9.17, 15) is 4.79 Å². The molecular weight excluding hydrogens is 150 g/mol. The molecule has 0 aliphatic carbocycles. The van der Waals surface area contributed by atoms with Gasteiger partial charge in [-0.25, -0.2) is 0 Å². The van der Waals surface area contributed by atoms with E-state index >= 15 is 0 Å². The number of carbonyl (C=O) groups is 1. The van der Waals surface area contributed by atoms with Gasteiger partial charge in [0.25, 0.3) is 0 Å². The minimum Gasteiger partial charge on any atom is -0.293 e. The molecule has 1 rings (SSSR count). The molecule has 0 aromatic rings. The number of Topliss-reactive ketones (excluding diaryl/α,β-unsaturated/α-hetero) is 1. The Bertz CT molecular complexity index is 196. The lowest BCUT2D eigenvalue weighted by Crippen LogP contribution is -2.19. The van der Waals surface area contributed by atoms with E-state index in [1.807, 2.05) is 6.92 Å². The third-order valence-electron chi connectivity index (χ3n) is 2.33. The van der Waals surface area contributed by atoms with E-state index in [2.05, 4.69) is 11.9 Å². The minimum atomic E-state index is 0.187. The van der Waals surface area contributed by atoms with E-state index in [-0.39, 0.29) is 11.7 Å². The van der Waals surface area contributed by atoms with Gasteiger partial charge in [0.1, 0.15) is 0 Å². The molecule has 0 saturated carbocycles. The minimum absolute atomic E-state index is 0.187. The van der Waals surface area contributed by atoms with Gasteiger partial charge in [0.2, 0.25) is 0 Å². The molecule has 1 aliphatic heterocycles. The summed E-state index contributed by atoms with van der Waals surface area (Å²) in [7, 11) is 0. The maximum atomic E-state index is 11.6. The van der Waals surface area contributed by atoms with Crippen molar-refractivity contribution in [1.82, 2.24) is 0 Å². The predicted octanol–water partition coefficient (Wildman–Crippen LogP) is 2.23. The van der Waals surface area contributed by atoms with Crippen LogP contribution in [-0.4, -0.2) is 18.0 Å². The van der Waals surface area contributed by atoms with Gasteiger partial charge in [0.05, 0.1) is 5.71 Å². The fourth-order valence-corrected chi connectivity index (χ4v) is 1.59. The second kappa shape index (κ2) is 4.39. The molecule has 1 aliphatic rings. The number of ketones is 1. The lowest BCUT2D eigenvalue weighted by atomic mass is 9.96. The highest BCUT2D eigenvalue weighted by Crippen LogP contribution is 2.13. The van der Waals surface area contributed by atoms with Gasteiger partial charge < -0.3 is 0 Å². The normalized spacial score (nSPS) is 19.0. The maximum Gasteiger partial charge on any atom is 0.179 e. The van der Waals surface area contributed by atoms with E-state index in [4.69, 9.17) is 0 Å². The van der Waals surface area contributed by atoms with Gasteiger partial charge in [-0.15, -0.1) is 0 Å². The van der Waals surface area contributed by atoms with E-state index in [0.29, 0.717) is 0 Å². The number of hydrogen-bond donors (Lipinski definition) is 0. The second-order valence-corrected chi connectivity index (χ2v) is 3.49. The number of aliphatic imine (C=N–C) groups is 1. The van der Waals surface area contributed by atoms with Crippen LogP contribution in [0.15, 0.2) is 4.99 Å². The van der Waals surface area contributed by atoms with Crippen LogP contribution in [-0.2, 0) is 4.79 Å². The van der Waals surface area contributed by atoms with Crippen LogP contribution in [0.3, 0.4) is 0 Å². The van der Waals surface area contributed by atoms with Crippen LogP contribution in [0.5, 0.6) is 0 Å². The molecule has 1 atom stereocenters. The third kappa shape index (κ3) is 2.16. The average Bonchev–Trinajstić information content (AvgIpc) is 2.55. The fraction of sp³-hybridized carbons (Fsp3) is 0.800. The van der Waals surface area contributed by atoms with Gasteiger partial charge in [-0.3, -0.25) is 9.79 Å². The van der Waals surface area contributed by atoms with Crippen LogP contribution in [0.1, 0.15) is 39.5 Å². The first kappa shape index (κ1) is 9.43. The molecule has 0 bridgehead atoms. The van der Waals surface area contributed by atoms with Gasteiger partial charge >= 0.3 is 0 Å². The highest BCUT2D eigenvalue weighted by molar-refractivity contribution is 6.40. The van der Waals surface area contributed by atoms with Crippen LogP contribution < -0.4 is 0 Å². The predicted molar refractivity (Wildman–Crippen MR) is 50.6 cm³/mol. The average molecular weight is 167 g/mol. The van der Waals surface area contributed by atoms with Gasteiger partial charge in [0.15, 0.2) is 5.78 Å². The number of hydrogen-bond acceptors (Lipinski definition) is 2. The zero-order chi connectivity index (χ0) is 8.97.